The zero-order valence-electron chi connectivity index (χ0n) is 59.8. The summed E-state index contributed by atoms with van der Waals surface area (Å²) in [7, 11) is 0. The zero-order chi connectivity index (χ0) is 68.9. The van der Waals surface area contributed by atoms with Crippen LogP contribution in [0, 0.1) is 0 Å². The van der Waals surface area contributed by atoms with E-state index in [0.717, 1.165) is 116 Å². The van der Waals surface area contributed by atoms with Gasteiger partial charge in [0.15, 0.2) is 23.3 Å². The molecule has 0 fully saturated rings. The van der Waals surface area contributed by atoms with Crippen molar-refractivity contribution in [3.8, 4) is 80.0 Å². The van der Waals surface area contributed by atoms with Crippen molar-refractivity contribution < 1.29 is 28.4 Å². The van der Waals surface area contributed by atoms with E-state index in [1.54, 1.807) is 0 Å². The predicted molar refractivity (Wildman–Crippen MR) is 409 cm³/mol. The van der Waals surface area contributed by atoms with Crippen LogP contribution in [0.5, 0.6) is 34.5 Å². The summed E-state index contributed by atoms with van der Waals surface area (Å²) < 4.78 is 41.6. The minimum atomic E-state index is 0.0611. The second-order valence-electron chi connectivity index (χ2n) is 26.7. The lowest BCUT2D eigenvalue weighted by atomic mass is 10.1. The van der Waals surface area contributed by atoms with Crippen LogP contribution in [0.4, 0.5) is 0 Å². The molecule has 0 radical (unpaired) electrons. The lowest BCUT2D eigenvalue weighted by Crippen LogP contribution is -2.03. The minimum absolute atomic E-state index is 0.0611. The average Bonchev–Trinajstić information content (AvgIpc) is 1.58. The van der Waals surface area contributed by atoms with Crippen molar-refractivity contribution in [2.75, 3.05) is 39.6 Å². The number of H-pyrrole nitrogens is 2. The highest BCUT2D eigenvalue weighted by Gasteiger charge is 2.33. The Balaban J connectivity index is 1.37. The highest BCUT2D eigenvalue weighted by Crippen LogP contribution is 2.53. The van der Waals surface area contributed by atoms with Gasteiger partial charge in [0.2, 0.25) is 0 Å². The van der Waals surface area contributed by atoms with Gasteiger partial charge in [-0.15, -0.1) is 0 Å². The molecule has 0 amide bonds. The lowest BCUT2D eigenvalue weighted by Gasteiger charge is -2.15. The third kappa shape index (κ3) is 20.5. The van der Waals surface area contributed by atoms with Gasteiger partial charge in [-0.25, -0.2) is 29.9 Å². The predicted octanol–water partition coefficient (Wildman–Crippen LogP) is 25.9. The van der Waals surface area contributed by atoms with Crippen LogP contribution in [0.25, 0.3) is 89.7 Å². The van der Waals surface area contributed by atoms with Crippen LogP contribution in [-0.2, 0) is 0 Å². The van der Waals surface area contributed by atoms with Gasteiger partial charge in [-0.1, -0.05) is 281 Å². The maximum Gasteiger partial charge on any atom is 0.168 e. The summed E-state index contributed by atoms with van der Waals surface area (Å²) >= 11 is 28.9. The average molecular weight is 1420 g/mol. The number of nitrogens with one attached hydrogen (secondary N) is 2. The molecule has 5 heterocycles. The van der Waals surface area contributed by atoms with E-state index in [9.17, 15) is 0 Å². The van der Waals surface area contributed by atoms with Gasteiger partial charge in [0.05, 0.1) is 104 Å². The minimum Gasteiger partial charge on any atom is -0.493 e. The third-order valence-corrected chi connectivity index (χ3v) is 20.6. The summed E-state index contributed by atoms with van der Waals surface area (Å²) in [6.45, 7) is 16.4. The van der Waals surface area contributed by atoms with E-state index in [2.05, 4.69) is 51.5 Å². The number of nitrogens with zero attached hydrogens (tertiary/aromatic N) is 6. The van der Waals surface area contributed by atoms with Crippen LogP contribution in [-0.4, -0.2) is 79.5 Å². The Kier molecular flexibility index (Phi) is 32.1. The quantitative estimate of drug-likeness (QED) is 0.0211. The molecule has 8 bridgehead atoms. The molecule has 3 aromatic heterocycles. The fraction of sp³-hybridized carbons (Fsp3) is 0.600. The maximum atomic E-state index is 7.41. The normalized spacial score (nSPS) is 11.9. The Hall–Kier alpha value is -5.80. The zero-order valence-corrected chi connectivity index (χ0v) is 62.8. The fourth-order valence-electron chi connectivity index (χ4n) is 13.2. The van der Waals surface area contributed by atoms with E-state index in [0.29, 0.717) is 152 Å². The summed E-state index contributed by atoms with van der Waals surface area (Å²) in [6.07, 6.45) is 39.9. The van der Waals surface area contributed by atoms with Gasteiger partial charge in [0.25, 0.3) is 0 Å². The molecule has 9 rings (SSSR count). The molecule has 18 heteroatoms. The third-order valence-electron chi connectivity index (χ3n) is 18.8. The SMILES string of the molecule is CCCCCCCCOc1ccc(OCCCCCCCC)c2c1-c1nc-2nc2[nH]c(nc3nc(nc4[nH]c(n1)c1c(OCCCCCCCC)ccc(OCCCCCCCC)c41)-c1c(Cl)c(Cl)c(Cl)c(Cl)c1-3)c1c(OCCCCCCCC)ccc(OCCCCCCCC)c21. The van der Waals surface area contributed by atoms with E-state index in [-0.39, 0.29) is 31.7 Å². The fourth-order valence-corrected chi connectivity index (χ4v) is 14.2. The van der Waals surface area contributed by atoms with Crippen molar-refractivity contribution in [2.24, 2.45) is 0 Å². The van der Waals surface area contributed by atoms with E-state index in [1.807, 2.05) is 36.4 Å². The summed E-state index contributed by atoms with van der Waals surface area (Å²) in [5, 5.41) is 2.95. The Labute approximate surface area is 603 Å². The molecule has 0 saturated heterocycles. The molecular weight excluding hydrogens is 1310 g/mol. The monoisotopic (exact) mass is 1420 g/mol. The van der Waals surface area contributed by atoms with E-state index in [1.165, 1.54) is 116 Å². The van der Waals surface area contributed by atoms with Gasteiger partial charge in [0, 0.05) is 0 Å². The standard InChI is InChI=1S/C80H110Cl4N8O6/c1-7-13-19-25-31-37-49-93-55-43-44-56(94-50-38-32-26-20-14-8-2)62-61(55)73-85-74(62)87-76-64-58(96-52-40-34-28-22-16-10-4)46-48-60(98-54-42-36-30-24-18-12-6)66(64)78(89-76)91-80-68-67(69(81)71(83)72(84)70(68)82)79(92-80)90-77-65-59(97-53-41-35-29-23-17-11-5)47-45-57(63(65)75(86-73)88-77)95-51-39-33-27-21-15-9-3/h43-48H,7-42,49-54H2,1-6H3,(H2,85,86,87,88,89,90,91,92). The van der Waals surface area contributed by atoms with E-state index >= 15 is 0 Å². The maximum absolute atomic E-state index is 7.41. The highest BCUT2D eigenvalue weighted by atomic mass is 35.5. The smallest absolute Gasteiger partial charge is 0.168 e. The molecule has 0 unspecified atom stereocenters. The van der Waals surface area contributed by atoms with Gasteiger partial charge in [-0.3, -0.25) is 0 Å². The van der Waals surface area contributed by atoms with Crippen LogP contribution in [0.15, 0.2) is 36.4 Å². The highest BCUT2D eigenvalue weighted by molar-refractivity contribution is 6.54. The number of aromatic amines is 2. The van der Waals surface area contributed by atoms with Crippen molar-refractivity contribution in [1.82, 2.24) is 39.9 Å². The van der Waals surface area contributed by atoms with Gasteiger partial charge < -0.3 is 38.4 Å². The Bertz CT molecular complexity index is 3580. The number of fused-ring (bicyclic) bond motifs is 20. The Morgan fingerprint density at radius 2 is 0.429 bits per heavy atom. The van der Waals surface area contributed by atoms with E-state index < -0.39 is 0 Å². The number of hydrogen-bond donors (Lipinski definition) is 2. The molecular formula is C80H110Cl4N8O6. The first-order chi connectivity index (χ1) is 48.1. The number of benzene rings is 4. The summed E-state index contributed by atoms with van der Waals surface area (Å²) in [6, 6.07) is 12.0. The number of aromatic nitrogens is 8. The molecule has 2 aliphatic heterocycles. The summed E-state index contributed by atoms with van der Waals surface area (Å²) in [5.41, 5.74) is 3.66. The van der Waals surface area contributed by atoms with Crippen molar-refractivity contribution >= 4 is 90.5 Å². The van der Waals surface area contributed by atoms with Crippen LogP contribution >= 0.6 is 46.4 Å². The molecule has 4 aromatic carbocycles. The molecule has 2 aliphatic rings. The Morgan fingerprint density at radius 1 is 0.235 bits per heavy atom. The van der Waals surface area contributed by atoms with Crippen LogP contribution in [0.2, 0.25) is 20.1 Å². The molecule has 98 heavy (non-hydrogen) atoms. The van der Waals surface area contributed by atoms with Crippen LogP contribution in [0.3, 0.4) is 0 Å². The molecule has 0 aliphatic carbocycles. The van der Waals surface area contributed by atoms with Crippen LogP contribution in [0.1, 0.15) is 273 Å². The second-order valence-corrected chi connectivity index (χ2v) is 28.3. The van der Waals surface area contributed by atoms with Gasteiger partial charge >= 0.3 is 0 Å². The topological polar surface area (TPSA) is 164 Å². The first-order valence-electron chi connectivity index (χ1n) is 38.1. The number of hydrogen-bond acceptors (Lipinski definition) is 12. The van der Waals surface area contributed by atoms with Gasteiger partial charge in [0.1, 0.15) is 57.1 Å². The number of unbranched alkanes of at least 4 members (excludes halogenated alkanes) is 30. The first-order valence-corrected chi connectivity index (χ1v) is 39.6. The Morgan fingerprint density at radius 3 is 0.663 bits per heavy atom. The van der Waals surface area contributed by atoms with Crippen molar-refractivity contribution in [3.05, 3.63) is 56.5 Å². The van der Waals surface area contributed by atoms with Crippen molar-refractivity contribution in [3.63, 3.8) is 0 Å². The van der Waals surface area contributed by atoms with Crippen LogP contribution < -0.4 is 28.4 Å². The van der Waals surface area contributed by atoms with Crippen molar-refractivity contribution in [2.45, 2.75) is 273 Å². The van der Waals surface area contributed by atoms with Gasteiger partial charge in [-0.05, 0) is 74.9 Å². The van der Waals surface area contributed by atoms with Crippen molar-refractivity contribution in [1.29, 1.82) is 0 Å². The lowest BCUT2D eigenvalue weighted by molar-refractivity contribution is 0.298. The number of halogens is 4. The largest absolute Gasteiger partial charge is 0.493 e. The first kappa shape index (κ1) is 76.4. The molecule has 7 aromatic rings. The summed E-state index contributed by atoms with van der Waals surface area (Å²) in [5.74, 6) is 4.75. The summed E-state index contributed by atoms with van der Waals surface area (Å²) in [4.78, 5) is 40.6. The number of ether oxygens (including phenoxy) is 6. The second kappa shape index (κ2) is 41.2. The molecule has 0 atom stereocenters. The molecule has 534 valence electrons. The molecule has 14 nitrogen and oxygen atoms in total. The molecule has 0 spiro atoms. The van der Waals surface area contributed by atoms with E-state index in [4.69, 9.17) is 105 Å². The van der Waals surface area contributed by atoms with Gasteiger partial charge in [-0.2, -0.15) is 0 Å². The molecule has 2 N–H and O–H groups in total. The number of rotatable bonds is 48. The molecule has 0 saturated carbocycles.